The number of esters is 1. The number of ether oxygens (including phenoxy) is 6. The molecule has 0 N–H and O–H groups in total. The van der Waals surface area contributed by atoms with E-state index in [1.807, 2.05) is 43.3 Å². The standard InChI is InChI=1S/C31H36O8/c1-20-22(16-21-10-7-6-8-11-21)14-15-25(32)29-26(38-31(2,3)39-29)13-9-12-23-17-24(35-5)18-27(36-19-34-4)28(23)30(33)37-20/h6-12,14-15,17-18,20,22,26,29H,13,16,19H2,1-5H3/b12-9+,15-14-/t20-,22+,26-,29+/m0/s1. The highest BCUT2D eigenvalue weighted by molar-refractivity contribution is 5.97. The Morgan fingerprint density at radius 2 is 1.79 bits per heavy atom. The second kappa shape index (κ2) is 12.6. The summed E-state index contributed by atoms with van der Waals surface area (Å²) in [5.74, 6) is -1.14. The van der Waals surface area contributed by atoms with Gasteiger partial charge in [-0.15, -0.1) is 0 Å². The number of rotatable bonds is 6. The third-order valence-electron chi connectivity index (χ3n) is 6.73. The smallest absolute Gasteiger partial charge is 0.342 e. The number of hydrogen-bond acceptors (Lipinski definition) is 8. The van der Waals surface area contributed by atoms with Gasteiger partial charge in [0.2, 0.25) is 0 Å². The van der Waals surface area contributed by atoms with Gasteiger partial charge in [-0.05, 0) is 56.9 Å². The number of benzene rings is 2. The predicted molar refractivity (Wildman–Crippen MR) is 146 cm³/mol. The van der Waals surface area contributed by atoms with E-state index in [-0.39, 0.29) is 29.8 Å². The van der Waals surface area contributed by atoms with Crippen molar-refractivity contribution in [1.82, 2.24) is 0 Å². The van der Waals surface area contributed by atoms with Gasteiger partial charge in [0, 0.05) is 19.1 Å². The van der Waals surface area contributed by atoms with Gasteiger partial charge in [-0.2, -0.15) is 0 Å². The summed E-state index contributed by atoms with van der Waals surface area (Å²) in [6.45, 7) is 5.35. The fourth-order valence-corrected chi connectivity index (χ4v) is 4.80. The van der Waals surface area contributed by atoms with E-state index < -0.39 is 30.1 Å². The van der Waals surface area contributed by atoms with Crippen molar-refractivity contribution in [3.05, 3.63) is 77.4 Å². The van der Waals surface area contributed by atoms with Crippen molar-refractivity contribution in [2.45, 2.75) is 57.7 Å². The van der Waals surface area contributed by atoms with E-state index in [1.165, 1.54) is 20.3 Å². The maximum absolute atomic E-state index is 13.6. The zero-order chi connectivity index (χ0) is 28.0. The maximum Gasteiger partial charge on any atom is 0.342 e. The van der Waals surface area contributed by atoms with Crippen LogP contribution in [-0.4, -0.2) is 56.9 Å². The fourth-order valence-electron chi connectivity index (χ4n) is 4.80. The summed E-state index contributed by atoms with van der Waals surface area (Å²) in [5, 5.41) is 0. The van der Waals surface area contributed by atoms with E-state index in [2.05, 4.69) is 0 Å². The minimum atomic E-state index is -0.904. The number of carbonyl (C=O) groups excluding carboxylic acids is 2. The lowest BCUT2D eigenvalue weighted by molar-refractivity contribution is -0.152. The van der Waals surface area contributed by atoms with Crippen LogP contribution in [0, 0.1) is 5.92 Å². The van der Waals surface area contributed by atoms with Crippen molar-refractivity contribution in [3.63, 3.8) is 0 Å². The molecule has 8 nitrogen and oxygen atoms in total. The topological polar surface area (TPSA) is 89.5 Å². The normalized spacial score (nSPS) is 26.5. The van der Waals surface area contributed by atoms with Crippen LogP contribution in [0.3, 0.4) is 0 Å². The Bertz CT molecular complexity index is 1220. The Kier molecular flexibility index (Phi) is 9.22. The largest absolute Gasteiger partial charge is 0.497 e. The molecule has 0 amide bonds. The molecule has 0 radical (unpaired) electrons. The summed E-state index contributed by atoms with van der Waals surface area (Å²) >= 11 is 0. The average molecular weight is 537 g/mol. The number of fused-ring (bicyclic) bond motifs is 2. The predicted octanol–water partition coefficient (Wildman–Crippen LogP) is 5.14. The van der Waals surface area contributed by atoms with Gasteiger partial charge in [0.15, 0.2) is 18.4 Å². The highest BCUT2D eigenvalue weighted by Gasteiger charge is 2.43. The molecule has 2 heterocycles. The van der Waals surface area contributed by atoms with E-state index >= 15 is 0 Å². The van der Waals surface area contributed by atoms with E-state index in [0.29, 0.717) is 24.2 Å². The summed E-state index contributed by atoms with van der Waals surface area (Å²) in [6.07, 6.45) is 6.10. The maximum atomic E-state index is 13.6. The fraction of sp³-hybridized carbons (Fsp3) is 0.419. The number of ketones is 1. The van der Waals surface area contributed by atoms with Gasteiger partial charge in [0.05, 0.1) is 13.2 Å². The minimum absolute atomic E-state index is 0.0579. The molecule has 1 fully saturated rings. The van der Waals surface area contributed by atoms with Gasteiger partial charge < -0.3 is 28.4 Å². The van der Waals surface area contributed by atoms with Crippen molar-refractivity contribution in [2.24, 2.45) is 5.92 Å². The molecule has 0 spiro atoms. The van der Waals surface area contributed by atoms with Crippen LogP contribution < -0.4 is 9.47 Å². The van der Waals surface area contributed by atoms with Gasteiger partial charge in [-0.1, -0.05) is 48.6 Å². The van der Waals surface area contributed by atoms with Crippen LogP contribution in [0.4, 0.5) is 0 Å². The highest BCUT2D eigenvalue weighted by atomic mass is 16.8. The molecule has 4 atom stereocenters. The van der Waals surface area contributed by atoms with Crippen LogP contribution in [0.1, 0.15) is 48.7 Å². The Morgan fingerprint density at radius 3 is 2.51 bits per heavy atom. The molecule has 2 aromatic carbocycles. The summed E-state index contributed by atoms with van der Waals surface area (Å²) in [6, 6.07) is 13.2. The van der Waals surface area contributed by atoms with Crippen LogP contribution in [0.15, 0.2) is 60.7 Å². The van der Waals surface area contributed by atoms with E-state index in [1.54, 1.807) is 38.1 Å². The molecule has 8 heteroatoms. The zero-order valence-electron chi connectivity index (χ0n) is 23.0. The molecule has 0 unspecified atom stereocenters. The Morgan fingerprint density at radius 1 is 1.03 bits per heavy atom. The number of hydrogen-bond donors (Lipinski definition) is 0. The lowest BCUT2D eigenvalue weighted by Gasteiger charge is -2.23. The molecule has 0 aliphatic carbocycles. The summed E-state index contributed by atoms with van der Waals surface area (Å²) in [7, 11) is 3.04. The average Bonchev–Trinajstić information content (AvgIpc) is 3.23. The molecule has 0 aromatic heterocycles. The van der Waals surface area contributed by atoms with E-state index in [9.17, 15) is 9.59 Å². The second-order valence-electron chi connectivity index (χ2n) is 10.1. The van der Waals surface area contributed by atoms with Gasteiger partial charge in [-0.3, -0.25) is 4.79 Å². The molecule has 0 saturated carbocycles. The van der Waals surface area contributed by atoms with Crippen molar-refractivity contribution in [1.29, 1.82) is 0 Å². The van der Waals surface area contributed by atoms with Crippen molar-refractivity contribution < 1.29 is 38.0 Å². The first-order chi connectivity index (χ1) is 18.7. The van der Waals surface area contributed by atoms with Gasteiger partial charge in [-0.25, -0.2) is 4.79 Å². The monoisotopic (exact) mass is 536 g/mol. The molecule has 1 saturated heterocycles. The third kappa shape index (κ3) is 7.15. The molecule has 4 rings (SSSR count). The molecule has 2 aliphatic heterocycles. The van der Waals surface area contributed by atoms with Gasteiger partial charge >= 0.3 is 5.97 Å². The van der Waals surface area contributed by atoms with Crippen LogP contribution in [-0.2, 0) is 30.2 Å². The molecule has 2 aromatic rings. The first-order valence-electron chi connectivity index (χ1n) is 13.0. The Labute approximate surface area is 229 Å². The zero-order valence-corrected chi connectivity index (χ0v) is 23.0. The first kappa shape index (κ1) is 28.5. The lowest BCUT2D eigenvalue weighted by atomic mass is 9.93. The summed E-state index contributed by atoms with van der Waals surface area (Å²) < 4.78 is 34.4. The van der Waals surface area contributed by atoms with E-state index in [0.717, 1.165) is 5.56 Å². The molecular weight excluding hydrogens is 500 g/mol. The quantitative estimate of drug-likeness (QED) is 0.370. The van der Waals surface area contributed by atoms with Gasteiger partial charge in [0.25, 0.3) is 0 Å². The van der Waals surface area contributed by atoms with Crippen LogP contribution >= 0.6 is 0 Å². The first-order valence-corrected chi connectivity index (χ1v) is 13.0. The second-order valence-corrected chi connectivity index (χ2v) is 10.1. The molecule has 39 heavy (non-hydrogen) atoms. The molecule has 0 bridgehead atoms. The highest BCUT2D eigenvalue weighted by Crippen LogP contribution is 2.34. The SMILES string of the molecule is COCOc1cc(OC)cc2c1C(=O)O[C@@H](C)[C@@H](Cc1ccccc1)/C=C\C(=O)[C@H]1OC(C)(C)O[C@H]1C/C=C/2. The summed E-state index contributed by atoms with van der Waals surface area (Å²) in [5.41, 5.74) is 1.86. The lowest BCUT2D eigenvalue weighted by Crippen LogP contribution is -2.31. The number of carbonyl (C=O) groups is 2. The molecular formula is C31H36O8. The molecule has 2 aliphatic rings. The third-order valence-corrected chi connectivity index (χ3v) is 6.73. The minimum Gasteiger partial charge on any atom is -0.497 e. The van der Waals surface area contributed by atoms with Gasteiger partial charge in [0.1, 0.15) is 29.3 Å². The van der Waals surface area contributed by atoms with Crippen molar-refractivity contribution >= 4 is 17.8 Å². The number of cyclic esters (lactones) is 1. The summed E-state index contributed by atoms with van der Waals surface area (Å²) in [4.78, 5) is 26.9. The van der Waals surface area contributed by atoms with Crippen molar-refractivity contribution in [2.75, 3.05) is 21.0 Å². The Hall–Kier alpha value is -3.46. The number of methoxy groups -OCH3 is 2. The van der Waals surface area contributed by atoms with E-state index in [4.69, 9.17) is 28.4 Å². The van der Waals surface area contributed by atoms with Crippen LogP contribution in [0.2, 0.25) is 0 Å². The van der Waals surface area contributed by atoms with Crippen molar-refractivity contribution in [3.8, 4) is 11.5 Å². The van der Waals surface area contributed by atoms with Crippen LogP contribution in [0.5, 0.6) is 11.5 Å². The molecule has 208 valence electrons. The van der Waals surface area contributed by atoms with Crippen LogP contribution in [0.25, 0.3) is 6.08 Å². The Balaban J connectivity index is 1.78.